The molecule has 1 aromatic carbocycles. The molecular formula is C26H28N4O5S. The Kier molecular flexibility index (Phi) is 8.62. The van der Waals surface area contributed by atoms with E-state index in [4.69, 9.17) is 13.8 Å². The third-order valence-corrected chi connectivity index (χ3v) is 6.93. The number of hydrogen-bond acceptors (Lipinski definition) is 7. The third-order valence-electron chi connectivity index (χ3n) is 5.58. The van der Waals surface area contributed by atoms with E-state index in [0.717, 1.165) is 0 Å². The summed E-state index contributed by atoms with van der Waals surface area (Å²) in [6.45, 7) is 2.82. The van der Waals surface area contributed by atoms with Crippen molar-refractivity contribution in [2.75, 3.05) is 0 Å². The van der Waals surface area contributed by atoms with Crippen molar-refractivity contribution in [1.82, 2.24) is 20.2 Å². The van der Waals surface area contributed by atoms with E-state index in [1.165, 1.54) is 11.8 Å². The molecule has 0 saturated carbocycles. The number of rotatable bonds is 12. The summed E-state index contributed by atoms with van der Waals surface area (Å²) in [4.78, 5) is 43.1. The van der Waals surface area contributed by atoms with E-state index in [1.54, 1.807) is 59.6 Å². The highest BCUT2D eigenvalue weighted by Crippen LogP contribution is 2.25. The number of furan rings is 2. The third kappa shape index (κ3) is 6.45. The van der Waals surface area contributed by atoms with Gasteiger partial charge in [-0.15, -0.1) is 0 Å². The first kappa shape index (κ1) is 25.3. The zero-order valence-electron chi connectivity index (χ0n) is 19.9. The van der Waals surface area contributed by atoms with Crippen LogP contribution in [0.4, 0.5) is 0 Å². The van der Waals surface area contributed by atoms with Gasteiger partial charge in [-0.25, -0.2) is 4.98 Å². The van der Waals surface area contributed by atoms with E-state index in [9.17, 15) is 14.4 Å². The van der Waals surface area contributed by atoms with Crippen LogP contribution in [0.3, 0.4) is 0 Å². The van der Waals surface area contributed by atoms with Gasteiger partial charge in [0.2, 0.25) is 11.8 Å². The molecule has 0 aliphatic heterocycles. The average Bonchev–Trinajstić information content (AvgIpc) is 3.61. The Balaban J connectivity index is 1.46. The van der Waals surface area contributed by atoms with Crippen molar-refractivity contribution in [3.05, 3.63) is 82.9 Å². The molecule has 9 nitrogen and oxygen atoms in total. The van der Waals surface area contributed by atoms with Crippen molar-refractivity contribution in [2.45, 2.75) is 56.2 Å². The number of fused-ring (bicyclic) bond motifs is 1. The summed E-state index contributed by atoms with van der Waals surface area (Å²) in [6, 6.07) is 14.2. The normalized spacial score (nSPS) is 11.9. The summed E-state index contributed by atoms with van der Waals surface area (Å²) in [7, 11) is 0. The highest BCUT2D eigenvalue weighted by molar-refractivity contribution is 8.00. The lowest BCUT2D eigenvalue weighted by Crippen LogP contribution is -2.33. The summed E-state index contributed by atoms with van der Waals surface area (Å²) in [6.07, 6.45) is 4.35. The molecule has 0 aliphatic carbocycles. The molecule has 0 radical (unpaired) electrons. The lowest BCUT2D eigenvalue weighted by Gasteiger charge is -2.18. The molecule has 0 spiro atoms. The van der Waals surface area contributed by atoms with Crippen LogP contribution in [-0.4, -0.2) is 26.6 Å². The quantitative estimate of drug-likeness (QED) is 0.220. The standard InChI is InChI=1S/C26H28N4O5S/c1-2-22(24(32)28-17-19-9-7-15-35-19)36-26-29-21-11-4-3-10-20(21)25(33)30(26)13-5-12-23(31)27-16-18-8-6-14-34-18/h3-4,6-11,14-15,22H,2,5,12-13,16-17H2,1H3,(H,27,31)(H,28,32)/t22-/m1/s1. The van der Waals surface area contributed by atoms with Crippen LogP contribution in [0.15, 0.2) is 79.8 Å². The minimum absolute atomic E-state index is 0.133. The number of nitrogens with one attached hydrogen (secondary N) is 2. The van der Waals surface area contributed by atoms with Crippen LogP contribution in [0, 0.1) is 0 Å². The number of aromatic nitrogens is 2. The predicted molar refractivity (Wildman–Crippen MR) is 136 cm³/mol. The molecule has 1 atom stereocenters. The van der Waals surface area contributed by atoms with Gasteiger partial charge >= 0.3 is 0 Å². The zero-order chi connectivity index (χ0) is 25.3. The minimum Gasteiger partial charge on any atom is -0.467 e. The molecule has 0 bridgehead atoms. The molecule has 2 N–H and O–H groups in total. The Morgan fingerprint density at radius 3 is 2.36 bits per heavy atom. The van der Waals surface area contributed by atoms with E-state index < -0.39 is 5.25 Å². The van der Waals surface area contributed by atoms with Crippen LogP contribution in [0.25, 0.3) is 10.9 Å². The summed E-state index contributed by atoms with van der Waals surface area (Å²) < 4.78 is 12.1. The first-order chi connectivity index (χ1) is 17.5. The highest BCUT2D eigenvalue weighted by Gasteiger charge is 2.22. The van der Waals surface area contributed by atoms with Gasteiger partial charge in [0.1, 0.15) is 11.5 Å². The van der Waals surface area contributed by atoms with E-state index in [0.29, 0.717) is 53.5 Å². The molecule has 0 aliphatic rings. The van der Waals surface area contributed by atoms with Crippen molar-refractivity contribution >= 4 is 34.5 Å². The molecule has 3 heterocycles. The lowest BCUT2D eigenvalue weighted by atomic mass is 10.2. The Morgan fingerprint density at radius 1 is 1.00 bits per heavy atom. The van der Waals surface area contributed by atoms with Crippen LogP contribution in [0.1, 0.15) is 37.7 Å². The predicted octanol–water partition coefficient (Wildman–Crippen LogP) is 3.87. The van der Waals surface area contributed by atoms with E-state index in [1.807, 2.05) is 13.0 Å². The summed E-state index contributed by atoms with van der Waals surface area (Å²) in [5, 5.41) is 6.20. The van der Waals surface area contributed by atoms with Gasteiger partial charge in [0.15, 0.2) is 5.16 Å². The van der Waals surface area contributed by atoms with Crippen molar-refractivity contribution in [1.29, 1.82) is 0 Å². The molecular weight excluding hydrogens is 480 g/mol. The fourth-order valence-corrected chi connectivity index (χ4v) is 4.73. The molecule has 2 amide bonds. The second kappa shape index (κ2) is 12.3. The van der Waals surface area contributed by atoms with Crippen molar-refractivity contribution in [2.24, 2.45) is 0 Å². The molecule has 4 rings (SSSR count). The summed E-state index contributed by atoms with van der Waals surface area (Å²) in [5.41, 5.74) is 0.383. The van der Waals surface area contributed by atoms with Crippen LogP contribution < -0.4 is 16.2 Å². The smallest absolute Gasteiger partial charge is 0.262 e. The maximum Gasteiger partial charge on any atom is 0.262 e. The summed E-state index contributed by atoms with van der Waals surface area (Å²) in [5.74, 6) is 1.04. The monoisotopic (exact) mass is 508 g/mol. The molecule has 0 fully saturated rings. The van der Waals surface area contributed by atoms with Crippen LogP contribution in [0.5, 0.6) is 0 Å². The van der Waals surface area contributed by atoms with Crippen molar-refractivity contribution in [3.63, 3.8) is 0 Å². The zero-order valence-corrected chi connectivity index (χ0v) is 20.8. The Labute approximate surface area is 212 Å². The number of hydrogen-bond donors (Lipinski definition) is 2. The maximum absolute atomic E-state index is 13.3. The van der Waals surface area contributed by atoms with Gasteiger partial charge in [-0.3, -0.25) is 19.0 Å². The Bertz CT molecular complexity index is 1350. The van der Waals surface area contributed by atoms with Crippen LogP contribution in [-0.2, 0) is 29.2 Å². The largest absolute Gasteiger partial charge is 0.467 e. The Hall–Kier alpha value is -3.79. The molecule has 188 valence electrons. The highest BCUT2D eigenvalue weighted by atomic mass is 32.2. The molecule has 4 aromatic rings. The number of amides is 2. The van der Waals surface area contributed by atoms with Gasteiger partial charge in [0, 0.05) is 13.0 Å². The fraction of sp³-hybridized carbons (Fsp3) is 0.308. The number of carbonyl (C=O) groups excluding carboxylic acids is 2. The molecule has 0 saturated heterocycles. The van der Waals surface area contributed by atoms with Crippen LogP contribution in [0.2, 0.25) is 0 Å². The van der Waals surface area contributed by atoms with Crippen molar-refractivity contribution < 1.29 is 18.4 Å². The topological polar surface area (TPSA) is 119 Å². The van der Waals surface area contributed by atoms with Crippen molar-refractivity contribution in [3.8, 4) is 0 Å². The first-order valence-electron chi connectivity index (χ1n) is 11.8. The maximum atomic E-state index is 13.3. The molecule has 10 heteroatoms. The van der Waals surface area contributed by atoms with Gasteiger partial charge in [-0.2, -0.15) is 0 Å². The first-order valence-corrected chi connectivity index (χ1v) is 12.7. The number of para-hydroxylation sites is 1. The van der Waals surface area contributed by atoms with E-state index in [2.05, 4.69) is 10.6 Å². The number of benzene rings is 1. The van der Waals surface area contributed by atoms with E-state index >= 15 is 0 Å². The second-order valence-electron chi connectivity index (χ2n) is 8.14. The van der Waals surface area contributed by atoms with E-state index in [-0.39, 0.29) is 30.3 Å². The summed E-state index contributed by atoms with van der Waals surface area (Å²) >= 11 is 1.25. The Morgan fingerprint density at radius 2 is 1.69 bits per heavy atom. The second-order valence-corrected chi connectivity index (χ2v) is 9.31. The number of nitrogens with zero attached hydrogens (tertiary/aromatic N) is 2. The van der Waals surface area contributed by atoms with Gasteiger partial charge in [-0.05, 0) is 49.2 Å². The lowest BCUT2D eigenvalue weighted by molar-refractivity contribution is -0.122. The van der Waals surface area contributed by atoms with Gasteiger partial charge in [0.05, 0.1) is 41.8 Å². The van der Waals surface area contributed by atoms with Gasteiger partial charge < -0.3 is 19.5 Å². The number of carbonyl (C=O) groups is 2. The average molecular weight is 509 g/mol. The minimum atomic E-state index is -0.448. The fourth-order valence-electron chi connectivity index (χ4n) is 3.67. The molecule has 3 aromatic heterocycles. The van der Waals surface area contributed by atoms with Crippen LogP contribution >= 0.6 is 11.8 Å². The van der Waals surface area contributed by atoms with Gasteiger partial charge in [0.25, 0.3) is 5.56 Å². The SMILES string of the molecule is CC[C@@H](Sc1nc2ccccc2c(=O)n1CCCC(=O)NCc1ccco1)C(=O)NCc1ccco1. The molecule has 36 heavy (non-hydrogen) atoms. The van der Waals surface area contributed by atoms with Gasteiger partial charge in [-0.1, -0.05) is 30.8 Å². The number of thioether (sulfide) groups is 1. The molecule has 0 unspecified atom stereocenters.